The summed E-state index contributed by atoms with van der Waals surface area (Å²) < 4.78 is 1.71. The number of hydrogen-bond acceptors (Lipinski definition) is 14. The summed E-state index contributed by atoms with van der Waals surface area (Å²) in [7, 11) is 0. The van der Waals surface area contributed by atoms with Crippen molar-refractivity contribution < 1.29 is 0 Å². The van der Waals surface area contributed by atoms with E-state index in [0.717, 1.165) is 48.4 Å². The van der Waals surface area contributed by atoms with Crippen molar-refractivity contribution in [1.29, 1.82) is 10.5 Å². The zero-order valence-corrected chi connectivity index (χ0v) is 34.2. The normalized spacial score (nSPS) is 12.4. The van der Waals surface area contributed by atoms with Gasteiger partial charge in [-0.05, 0) is 137 Å². The quantitative estimate of drug-likeness (QED) is 0.103. The van der Waals surface area contributed by atoms with Gasteiger partial charge in [0, 0.05) is 52.2 Å². The van der Waals surface area contributed by atoms with Gasteiger partial charge in [-0.2, -0.15) is 40.4 Å². The lowest BCUT2D eigenvalue weighted by Gasteiger charge is -2.35. The van der Waals surface area contributed by atoms with Gasteiger partial charge >= 0.3 is 0 Å². The second kappa shape index (κ2) is 16.6. The largest absolute Gasteiger partial charge is 0.337 e. The summed E-state index contributed by atoms with van der Waals surface area (Å²) in [5.41, 5.74) is 8.75. The Morgan fingerprint density at radius 2 is 0.857 bits per heavy atom. The maximum atomic E-state index is 9.27. The molecule has 0 amide bonds. The Kier molecular flexibility index (Phi) is 11.2. The second-order valence-corrected chi connectivity index (χ2v) is 15.0. The minimum atomic E-state index is 0.345. The van der Waals surface area contributed by atoms with Gasteiger partial charge < -0.3 is 31.1 Å². The fraction of sp³-hybridized carbons (Fsp3) is 0.200. The molecule has 1 aliphatic rings. The Balaban J connectivity index is 1.16. The number of nitrogens with zero attached hydrogens (tertiary/aromatic N) is 10. The summed E-state index contributed by atoms with van der Waals surface area (Å²) in [6, 6.07) is 26.8. The first-order valence-electron chi connectivity index (χ1n) is 17.7. The van der Waals surface area contributed by atoms with E-state index in [4.69, 9.17) is 29.9 Å². The van der Waals surface area contributed by atoms with E-state index in [1.807, 2.05) is 43.3 Å². The molecule has 2 aromatic heterocycles. The maximum Gasteiger partial charge on any atom is 0.233 e. The number of benzene rings is 4. The van der Waals surface area contributed by atoms with Crippen LogP contribution in [0.1, 0.15) is 33.4 Å². The Morgan fingerprint density at radius 1 is 0.500 bits per heavy atom. The number of aryl methyl sites for hydroxylation is 4. The Bertz CT molecular complexity index is 2270. The number of nitrogens with one attached hydrogen (secondary N) is 4. The predicted molar refractivity (Wildman–Crippen MR) is 227 cm³/mol. The molecule has 56 heavy (non-hydrogen) atoms. The zero-order valence-electron chi connectivity index (χ0n) is 31.0. The van der Waals surface area contributed by atoms with Crippen molar-refractivity contribution in [3.8, 4) is 12.1 Å². The molecule has 3 heterocycles. The molecule has 7 rings (SSSR count). The van der Waals surface area contributed by atoms with Crippen molar-refractivity contribution in [3.63, 3.8) is 0 Å². The lowest BCUT2D eigenvalue weighted by molar-refractivity contribution is 0.627. The lowest BCUT2D eigenvalue weighted by atomic mass is 10.1. The molecule has 16 heteroatoms. The maximum absolute atomic E-state index is 9.27. The van der Waals surface area contributed by atoms with E-state index in [9.17, 15) is 10.5 Å². The van der Waals surface area contributed by atoms with Gasteiger partial charge in [-0.3, -0.25) is 0 Å². The summed E-state index contributed by atoms with van der Waals surface area (Å²) in [5.74, 6) is 2.47. The number of nitriles is 2. The average molecular weight is 873 g/mol. The van der Waals surface area contributed by atoms with Crippen molar-refractivity contribution in [1.82, 2.24) is 29.9 Å². The molecule has 14 nitrogen and oxygen atoms in total. The van der Waals surface area contributed by atoms with Crippen LogP contribution in [0.4, 0.5) is 58.4 Å². The number of aromatic nitrogens is 6. The molecular formula is C40H36Br2N14. The highest BCUT2D eigenvalue weighted by Gasteiger charge is 2.24. The monoisotopic (exact) mass is 870 g/mol. The first-order valence-corrected chi connectivity index (χ1v) is 19.3. The summed E-state index contributed by atoms with van der Waals surface area (Å²) >= 11 is 7.34. The molecule has 0 aliphatic carbocycles. The smallest absolute Gasteiger partial charge is 0.233 e. The number of anilines is 10. The highest BCUT2D eigenvalue weighted by Crippen LogP contribution is 2.35. The van der Waals surface area contributed by atoms with Crippen LogP contribution in [0.3, 0.4) is 0 Å². The van der Waals surface area contributed by atoms with Gasteiger partial charge in [0.05, 0.1) is 29.0 Å². The van der Waals surface area contributed by atoms with Crippen molar-refractivity contribution in [3.05, 3.63) is 115 Å². The van der Waals surface area contributed by atoms with E-state index >= 15 is 0 Å². The standard InChI is InChI=1S/C40H36Br2N14/c1-23-17-25(3)33(26(4)18-23)47-37-49-35(45-29-9-5-27(21-43)6-10-29)51-39(53-37)55-13-15-56(16-14-55)40-52-36(46-30-11-7-28(22-44)8-12-30)50-38(54-40)48-34-31(41)19-24(2)20-32(34)42/h5-12,17-20H,13-16H2,1-4H3,(H2,45,47,49,51,53)(H2,46,48,50,52,54). The molecular weight excluding hydrogens is 836 g/mol. The molecule has 1 saturated heterocycles. The number of piperazine rings is 1. The van der Waals surface area contributed by atoms with Crippen molar-refractivity contribution in [2.45, 2.75) is 27.7 Å². The van der Waals surface area contributed by atoms with Crippen LogP contribution in [0.15, 0.2) is 81.7 Å². The molecule has 280 valence electrons. The van der Waals surface area contributed by atoms with Crippen LogP contribution in [0.5, 0.6) is 0 Å². The van der Waals surface area contributed by atoms with Gasteiger partial charge in [-0.1, -0.05) is 17.7 Å². The number of hydrogen-bond donors (Lipinski definition) is 4. The minimum Gasteiger partial charge on any atom is -0.337 e. The SMILES string of the molecule is Cc1cc(C)c(Nc2nc(Nc3ccc(C#N)cc3)nc(N3CCN(c4nc(Nc5ccc(C#N)cc5)nc(Nc5c(Br)cc(C)cc5Br)n4)CC3)n2)c(C)c1. The summed E-state index contributed by atoms with van der Waals surface area (Å²) in [6.07, 6.45) is 0. The van der Waals surface area contributed by atoms with Crippen molar-refractivity contribution >= 4 is 90.3 Å². The lowest BCUT2D eigenvalue weighted by Crippen LogP contribution is -2.48. The van der Waals surface area contributed by atoms with Crippen LogP contribution in [0.2, 0.25) is 0 Å². The second-order valence-electron chi connectivity index (χ2n) is 13.3. The van der Waals surface area contributed by atoms with Gasteiger partial charge in [-0.25, -0.2) is 0 Å². The first kappa shape index (κ1) is 37.9. The highest BCUT2D eigenvalue weighted by atomic mass is 79.9. The number of rotatable bonds is 10. The molecule has 0 bridgehead atoms. The summed E-state index contributed by atoms with van der Waals surface area (Å²) in [6.45, 7) is 10.5. The van der Waals surface area contributed by atoms with Crippen LogP contribution < -0.4 is 31.1 Å². The van der Waals surface area contributed by atoms with Crippen LogP contribution in [0.25, 0.3) is 0 Å². The number of halogens is 2. The molecule has 4 aromatic carbocycles. The van der Waals surface area contributed by atoms with Crippen LogP contribution >= 0.6 is 31.9 Å². The van der Waals surface area contributed by atoms with E-state index in [1.54, 1.807) is 24.3 Å². The van der Waals surface area contributed by atoms with E-state index < -0.39 is 0 Å². The van der Waals surface area contributed by atoms with Gasteiger partial charge in [0.1, 0.15) is 0 Å². The van der Waals surface area contributed by atoms with E-state index in [1.165, 1.54) is 5.56 Å². The summed E-state index contributed by atoms with van der Waals surface area (Å²) in [5, 5.41) is 31.9. The van der Waals surface area contributed by atoms with Gasteiger partial charge in [0.2, 0.25) is 35.7 Å². The highest BCUT2D eigenvalue weighted by molar-refractivity contribution is 9.11. The molecule has 4 N–H and O–H groups in total. The Morgan fingerprint density at radius 3 is 1.25 bits per heavy atom. The zero-order chi connectivity index (χ0) is 39.3. The molecule has 1 fully saturated rings. The van der Waals surface area contributed by atoms with Gasteiger partial charge in [0.15, 0.2) is 0 Å². The van der Waals surface area contributed by atoms with Crippen LogP contribution in [-0.4, -0.2) is 56.1 Å². The predicted octanol–water partition coefficient (Wildman–Crippen LogP) is 8.86. The Labute approximate surface area is 341 Å². The summed E-state index contributed by atoms with van der Waals surface area (Å²) in [4.78, 5) is 33.0. The third kappa shape index (κ3) is 8.94. The fourth-order valence-electron chi connectivity index (χ4n) is 6.28. The third-order valence-electron chi connectivity index (χ3n) is 8.97. The van der Waals surface area contributed by atoms with Crippen molar-refractivity contribution in [2.24, 2.45) is 0 Å². The topological polar surface area (TPSA) is 180 Å². The molecule has 1 aliphatic heterocycles. The molecule has 0 radical (unpaired) electrons. The van der Waals surface area contributed by atoms with Gasteiger partial charge in [-0.15, -0.1) is 0 Å². The van der Waals surface area contributed by atoms with Crippen LogP contribution in [0, 0.1) is 50.4 Å². The van der Waals surface area contributed by atoms with Crippen molar-refractivity contribution in [2.75, 3.05) is 57.2 Å². The minimum absolute atomic E-state index is 0.345. The first-order chi connectivity index (χ1) is 27.0. The fourth-order valence-corrected chi connectivity index (χ4v) is 7.89. The van der Waals surface area contributed by atoms with E-state index in [2.05, 4.69) is 108 Å². The van der Waals surface area contributed by atoms with Gasteiger partial charge in [0.25, 0.3) is 0 Å². The molecule has 0 spiro atoms. The average Bonchev–Trinajstić information content (AvgIpc) is 3.18. The third-order valence-corrected chi connectivity index (χ3v) is 10.2. The molecule has 0 saturated carbocycles. The van der Waals surface area contributed by atoms with E-state index in [0.29, 0.717) is 73.0 Å². The molecule has 6 aromatic rings. The Hall–Kier alpha value is -6.36. The van der Waals surface area contributed by atoms with Crippen LogP contribution in [-0.2, 0) is 0 Å². The molecule has 0 atom stereocenters. The van der Waals surface area contributed by atoms with E-state index in [-0.39, 0.29) is 0 Å². The molecule has 0 unspecified atom stereocenters.